The minimum absolute atomic E-state index is 0.281. The van der Waals surface area contributed by atoms with Crippen LogP contribution in [0.4, 0.5) is 5.69 Å². The van der Waals surface area contributed by atoms with E-state index in [0.29, 0.717) is 0 Å². The monoisotopic (exact) mass is 236 g/mol. The van der Waals surface area contributed by atoms with E-state index < -0.39 is 0 Å². The van der Waals surface area contributed by atoms with E-state index in [1.54, 1.807) is 0 Å². The molecule has 0 aliphatic rings. The van der Waals surface area contributed by atoms with Gasteiger partial charge in [-0.25, -0.2) is 0 Å². The van der Waals surface area contributed by atoms with Crippen molar-refractivity contribution in [2.75, 3.05) is 38.2 Å². The Balaban J connectivity index is 2.03. The zero-order chi connectivity index (χ0) is 12.3. The summed E-state index contributed by atoms with van der Waals surface area (Å²) in [6, 6.07) is 10.5. The summed E-state index contributed by atoms with van der Waals surface area (Å²) in [5, 5.41) is 11.9. The third-order valence-corrected chi connectivity index (χ3v) is 2.81. The van der Waals surface area contributed by atoms with E-state index in [9.17, 15) is 0 Å². The van der Waals surface area contributed by atoms with Gasteiger partial charge in [-0.3, -0.25) is 0 Å². The lowest BCUT2D eigenvalue weighted by atomic mass is 10.2. The van der Waals surface area contributed by atoms with Crippen LogP contribution in [0, 0.1) is 0 Å². The lowest BCUT2D eigenvalue weighted by Crippen LogP contribution is -2.21. The molecule has 0 radical (unpaired) electrons. The van der Waals surface area contributed by atoms with Crippen molar-refractivity contribution in [3.05, 3.63) is 30.3 Å². The Hall–Kier alpha value is -1.06. The summed E-state index contributed by atoms with van der Waals surface area (Å²) in [6.45, 7) is 3.34. The first-order valence-corrected chi connectivity index (χ1v) is 6.42. The molecule has 0 saturated heterocycles. The molecular formula is C14H24N2O. The second kappa shape index (κ2) is 9.02. The Morgan fingerprint density at radius 1 is 1.06 bits per heavy atom. The number of nitrogens with zero attached hydrogens (tertiary/aromatic N) is 1. The van der Waals surface area contributed by atoms with Gasteiger partial charge in [0.2, 0.25) is 0 Å². The normalized spacial score (nSPS) is 10.5. The van der Waals surface area contributed by atoms with Crippen LogP contribution in [0.5, 0.6) is 0 Å². The number of unbranched alkanes of at least 4 members (excludes halogenated alkanes) is 1. The van der Waals surface area contributed by atoms with E-state index in [-0.39, 0.29) is 6.61 Å². The third-order valence-electron chi connectivity index (χ3n) is 2.81. The van der Waals surface area contributed by atoms with Gasteiger partial charge in [-0.05, 0) is 44.5 Å². The molecule has 17 heavy (non-hydrogen) atoms. The molecule has 1 aromatic rings. The summed E-state index contributed by atoms with van der Waals surface area (Å²) in [7, 11) is 2.13. The van der Waals surface area contributed by atoms with Crippen LogP contribution in [-0.4, -0.2) is 38.4 Å². The summed E-state index contributed by atoms with van der Waals surface area (Å²) in [6.07, 6.45) is 3.23. The van der Waals surface area contributed by atoms with Crippen molar-refractivity contribution >= 4 is 5.69 Å². The highest BCUT2D eigenvalue weighted by molar-refractivity contribution is 5.44. The Morgan fingerprint density at radius 2 is 1.76 bits per heavy atom. The van der Waals surface area contributed by atoms with E-state index >= 15 is 0 Å². The third kappa shape index (κ3) is 6.29. The number of nitrogens with one attached hydrogen (secondary N) is 1. The molecule has 2 N–H and O–H groups in total. The highest BCUT2D eigenvalue weighted by Crippen LogP contribution is 2.11. The van der Waals surface area contributed by atoms with Gasteiger partial charge >= 0.3 is 0 Å². The topological polar surface area (TPSA) is 35.5 Å². The smallest absolute Gasteiger partial charge is 0.0443 e. The van der Waals surface area contributed by atoms with Crippen LogP contribution >= 0.6 is 0 Å². The second-order valence-electron chi connectivity index (χ2n) is 4.29. The van der Waals surface area contributed by atoms with E-state index in [0.717, 1.165) is 26.1 Å². The van der Waals surface area contributed by atoms with Gasteiger partial charge < -0.3 is 15.3 Å². The van der Waals surface area contributed by atoms with Gasteiger partial charge in [0.25, 0.3) is 0 Å². The predicted octanol–water partition coefficient (Wildman–Crippen LogP) is 1.87. The molecule has 0 saturated carbocycles. The lowest BCUT2D eigenvalue weighted by molar-refractivity contribution is 0.286. The number of benzene rings is 1. The molecule has 0 unspecified atom stereocenters. The second-order valence-corrected chi connectivity index (χ2v) is 4.29. The Morgan fingerprint density at radius 3 is 2.47 bits per heavy atom. The van der Waals surface area contributed by atoms with Crippen molar-refractivity contribution in [3.8, 4) is 0 Å². The van der Waals surface area contributed by atoms with Crippen LogP contribution in [0.2, 0.25) is 0 Å². The fourth-order valence-corrected chi connectivity index (χ4v) is 1.74. The molecule has 0 aromatic heterocycles. The van der Waals surface area contributed by atoms with Crippen LogP contribution in [-0.2, 0) is 0 Å². The molecule has 0 spiro atoms. The quantitative estimate of drug-likeness (QED) is 0.643. The minimum Gasteiger partial charge on any atom is -0.396 e. The molecule has 0 atom stereocenters. The fraction of sp³-hybridized carbons (Fsp3) is 0.571. The van der Waals surface area contributed by atoms with Gasteiger partial charge in [0.05, 0.1) is 0 Å². The Bertz CT molecular complexity index is 277. The summed E-state index contributed by atoms with van der Waals surface area (Å²) in [4.78, 5) is 2.29. The highest BCUT2D eigenvalue weighted by atomic mass is 16.3. The van der Waals surface area contributed by atoms with E-state index in [1.807, 2.05) is 6.07 Å². The SMILES string of the molecule is CN(CCCCNCCCO)c1ccccc1. The van der Waals surface area contributed by atoms with Crippen LogP contribution in [0.25, 0.3) is 0 Å². The van der Waals surface area contributed by atoms with Crippen LogP contribution in [0.1, 0.15) is 19.3 Å². The molecule has 0 aliphatic heterocycles. The average Bonchev–Trinajstić information content (AvgIpc) is 2.38. The van der Waals surface area contributed by atoms with Gasteiger partial charge in [-0.15, -0.1) is 0 Å². The first-order chi connectivity index (χ1) is 8.34. The zero-order valence-corrected chi connectivity index (χ0v) is 10.7. The summed E-state index contributed by atoms with van der Waals surface area (Å²) < 4.78 is 0. The molecule has 1 rings (SSSR count). The molecule has 0 heterocycles. The first-order valence-electron chi connectivity index (χ1n) is 6.42. The molecule has 3 heteroatoms. The van der Waals surface area contributed by atoms with Crippen LogP contribution in [0.3, 0.4) is 0 Å². The van der Waals surface area contributed by atoms with Gasteiger partial charge in [-0.2, -0.15) is 0 Å². The maximum atomic E-state index is 8.62. The maximum Gasteiger partial charge on any atom is 0.0443 e. The van der Waals surface area contributed by atoms with E-state index in [4.69, 9.17) is 5.11 Å². The van der Waals surface area contributed by atoms with Crippen molar-refractivity contribution < 1.29 is 5.11 Å². The summed E-state index contributed by atoms with van der Waals surface area (Å²) in [5.74, 6) is 0. The predicted molar refractivity (Wildman–Crippen MR) is 73.5 cm³/mol. The number of anilines is 1. The van der Waals surface area contributed by atoms with Gasteiger partial charge in [0, 0.05) is 25.9 Å². The van der Waals surface area contributed by atoms with Crippen molar-refractivity contribution in [1.29, 1.82) is 0 Å². The zero-order valence-electron chi connectivity index (χ0n) is 10.7. The largest absolute Gasteiger partial charge is 0.396 e. The van der Waals surface area contributed by atoms with E-state index in [1.165, 1.54) is 18.5 Å². The highest BCUT2D eigenvalue weighted by Gasteiger charge is 1.98. The maximum absolute atomic E-state index is 8.62. The van der Waals surface area contributed by atoms with Crippen molar-refractivity contribution in [1.82, 2.24) is 5.32 Å². The first kappa shape index (κ1) is 14.0. The number of aliphatic hydroxyl groups is 1. The van der Waals surface area contributed by atoms with Gasteiger partial charge in [-0.1, -0.05) is 18.2 Å². The van der Waals surface area contributed by atoms with Crippen LogP contribution < -0.4 is 10.2 Å². The van der Waals surface area contributed by atoms with Gasteiger partial charge in [0.1, 0.15) is 0 Å². The van der Waals surface area contributed by atoms with Crippen LogP contribution in [0.15, 0.2) is 30.3 Å². The lowest BCUT2D eigenvalue weighted by Gasteiger charge is -2.19. The molecule has 0 aliphatic carbocycles. The molecule has 0 fully saturated rings. The minimum atomic E-state index is 0.281. The Labute approximate surface area is 104 Å². The summed E-state index contributed by atoms with van der Waals surface area (Å²) >= 11 is 0. The van der Waals surface area contributed by atoms with E-state index in [2.05, 4.69) is 41.5 Å². The number of hydrogen-bond donors (Lipinski definition) is 2. The van der Waals surface area contributed by atoms with Crippen molar-refractivity contribution in [2.45, 2.75) is 19.3 Å². The number of rotatable bonds is 9. The van der Waals surface area contributed by atoms with Crippen molar-refractivity contribution in [3.63, 3.8) is 0 Å². The molecular weight excluding hydrogens is 212 g/mol. The molecule has 3 nitrogen and oxygen atoms in total. The number of hydrogen-bond acceptors (Lipinski definition) is 3. The molecule has 0 amide bonds. The summed E-state index contributed by atoms with van der Waals surface area (Å²) in [5.41, 5.74) is 1.28. The molecule has 0 bridgehead atoms. The van der Waals surface area contributed by atoms with Crippen molar-refractivity contribution in [2.24, 2.45) is 0 Å². The molecule has 1 aromatic carbocycles. The molecule has 96 valence electrons. The average molecular weight is 236 g/mol. The fourth-order valence-electron chi connectivity index (χ4n) is 1.74. The van der Waals surface area contributed by atoms with Gasteiger partial charge in [0.15, 0.2) is 0 Å². The Kier molecular flexibility index (Phi) is 7.43. The standard InChI is InChI=1S/C14H24N2O/c1-16(14-8-3-2-4-9-14)12-6-5-10-15-11-7-13-17/h2-4,8-9,15,17H,5-7,10-13H2,1H3. The number of aliphatic hydroxyl groups excluding tert-OH is 1. The number of para-hydroxylation sites is 1.